The predicted octanol–water partition coefficient (Wildman–Crippen LogP) is 6.37. The molecule has 0 aliphatic rings. The molecule has 0 fully saturated rings. The molecule has 0 bridgehead atoms. The van der Waals surface area contributed by atoms with E-state index in [4.69, 9.17) is 23.2 Å². The maximum atomic E-state index is 6.35. The first-order chi connectivity index (χ1) is 12.2. The monoisotopic (exact) mass is 390 g/mol. The molecule has 0 aliphatic heterocycles. The van der Waals surface area contributed by atoms with Crippen LogP contribution in [0.4, 0.5) is 0 Å². The number of hydrogen-bond donors (Lipinski definition) is 0. The van der Waals surface area contributed by atoms with Gasteiger partial charge in [-0.2, -0.15) is 0 Å². The van der Waals surface area contributed by atoms with Gasteiger partial charge in [0.1, 0.15) is 0 Å². The molecule has 0 saturated heterocycles. The Hall–Kier alpha value is -1.42. The van der Waals surface area contributed by atoms with Crippen LogP contribution in [0.2, 0.25) is 10.0 Å². The topological polar surface area (TPSA) is 17.8 Å². The average molecular weight is 391 g/mol. The van der Waals surface area contributed by atoms with E-state index in [9.17, 15) is 0 Å². The second kappa shape index (κ2) is 9.33. The fraction of sp³-hybridized carbons (Fsp3) is 0.250. The Bertz CT molecular complexity index is 773. The first-order valence-electron chi connectivity index (χ1n) is 8.32. The second-order valence-corrected chi connectivity index (χ2v) is 8.11. The van der Waals surface area contributed by atoms with E-state index in [2.05, 4.69) is 27.8 Å². The number of aromatic nitrogens is 2. The van der Waals surface area contributed by atoms with E-state index in [1.807, 2.05) is 60.8 Å². The summed E-state index contributed by atoms with van der Waals surface area (Å²) in [5.74, 6) is 0. The van der Waals surface area contributed by atoms with Gasteiger partial charge < -0.3 is 4.57 Å². The predicted molar refractivity (Wildman–Crippen MR) is 108 cm³/mol. The molecule has 0 spiro atoms. The van der Waals surface area contributed by atoms with Gasteiger partial charge in [0.2, 0.25) is 0 Å². The molecule has 1 aromatic heterocycles. The van der Waals surface area contributed by atoms with Crippen molar-refractivity contribution in [3.05, 3.63) is 82.9 Å². The summed E-state index contributed by atoms with van der Waals surface area (Å²) >= 11 is 14.2. The van der Waals surface area contributed by atoms with Crippen LogP contribution in [0, 0.1) is 0 Å². The lowest BCUT2D eigenvalue weighted by Gasteiger charge is -2.18. The molecule has 0 saturated carbocycles. The van der Waals surface area contributed by atoms with E-state index in [1.165, 1.54) is 5.56 Å². The number of halogens is 2. The summed E-state index contributed by atoms with van der Waals surface area (Å²) in [6.45, 7) is 0.961. The quantitative estimate of drug-likeness (QED) is 0.415. The van der Waals surface area contributed by atoms with Gasteiger partial charge >= 0.3 is 0 Å². The van der Waals surface area contributed by atoms with Gasteiger partial charge in [0, 0.05) is 34.1 Å². The van der Waals surface area contributed by atoms with Gasteiger partial charge in [-0.25, -0.2) is 4.98 Å². The largest absolute Gasteiger partial charge is 0.337 e. The molecule has 1 unspecified atom stereocenters. The Balaban J connectivity index is 1.64. The van der Waals surface area contributed by atoms with Crippen LogP contribution in [0.5, 0.6) is 0 Å². The Morgan fingerprint density at radius 1 is 1.00 bits per heavy atom. The van der Waals surface area contributed by atoms with Crippen molar-refractivity contribution in [1.29, 1.82) is 0 Å². The molecule has 2 nitrogen and oxygen atoms in total. The highest BCUT2D eigenvalue weighted by atomic mass is 35.5. The van der Waals surface area contributed by atoms with Crippen LogP contribution >= 0.6 is 35.0 Å². The van der Waals surface area contributed by atoms with Crippen LogP contribution in [-0.4, -0.2) is 14.8 Å². The molecular formula is C20H20Cl2N2S. The lowest BCUT2D eigenvalue weighted by atomic mass is 10.1. The van der Waals surface area contributed by atoms with Gasteiger partial charge in [-0.1, -0.05) is 47.5 Å². The summed E-state index contributed by atoms with van der Waals surface area (Å²) in [7, 11) is 0. The minimum Gasteiger partial charge on any atom is -0.337 e. The Kier molecular flexibility index (Phi) is 6.85. The van der Waals surface area contributed by atoms with Gasteiger partial charge in [0.05, 0.1) is 11.3 Å². The standard InChI is InChI=1S/C20H20Cl2N2S/c21-17-8-5-16(6-9-17)7-10-18(11-13-24-14-12-23-15-24)25-20-4-2-1-3-19(20)22/h1-6,8-9,12,14-15,18H,7,10-11,13H2. The Labute approximate surface area is 163 Å². The fourth-order valence-electron chi connectivity index (χ4n) is 2.67. The number of aryl methyl sites for hydroxylation is 2. The molecule has 3 aromatic rings. The van der Waals surface area contributed by atoms with Crippen LogP contribution in [0.3, 0.4) is 0 Å². The van der Waals surface area contributed by atoms with Crippen molar-refractivity contribution in [3.63, 3.8) is 0 Å². The molecule has 0 aliphatic carbocycles. The molecule has 3 rings (SSSR count). The minimum absolute atomic E-state index is 0.484. The molecule has 130 valence electrons. The highest BCUT2D eigenvalue weighted by Crippen LogP contribution is 2.34. The third kappa shape index (κ3) is 5.81. The first kappa shape index (κ1) is 18.4. The van der Waals surface area contributed by atoms with Crippen LogP contribution in [0.25, 0.3) is 0 Å². The molecule has 1 atom stereocenters. The summed E-state index contributed by atoms with van der Waals surface area (Å²) < 4.78 is 2.13. The second-order valence-electron chi connectivity index (χ2n) is 5.92. The van der Waals surface area contributed by atoms with Crippen molar-refractivity contribution in [2.75, 3.05) is 0 Å². The lowest BCUT2D eigenvalue weighted by Crippen LogP contribution is -2.09. The third-order valence-corrected chi connectivity index (χ3v) is 6.18. The summed E-state index contributed by atoms with van der Waals surface area (Å²) in [5, 5.41) is 2.09. The first-order valence-corrected chi connectivity index (χ1v) is 9.95. The van der Waals surface area contributed by atoms with Crippen LogP contribution in [0.15, 0.2) is 72.1 Å². The van der Waals surface area contributed by atoms with E-state index < -0.39 is 0 Å². The maximum absolute atomic E-state index is 6.35. The van der Waals surface area contributed by atoms with Crippen molar-refractivity contribution in [2.24, 2.45) is 0 Å². The molecule has 2 aromatic carbocycles. The van der Waals surface area contributed by atoms with E-state index in [0.29, 0.717) is 5.25 Å². The number of benzene rings is 2. The zero-order chi connectivity index (χ0) is 17.5. The molecule has 25 heavy (non-hydrogen) atoms. The van der Waals surface area contributed by atoms with Crippen molar-refractivity contribution >= 4 is 35.0 Å². The lowest BCUT2D eigenvalue weighted by molar-refractivity contribution is 0.598. The van der Waals surface area contributed by atoms with E-state index >= 15 is 0 Å². The number of imidazole rings is 1. The highest BCUT2D eigenvalue weighted by Gasteiger charge is 2.13. The number of rotatable bonds is 8. The zero-order valence-electron chi connectivity index (χ0n) is 13.8. The van der Waals surface area contributed by atoms with Crippen LogP contribution < -0.4 is 0 Å². The third-order valence-electron chi connectivity index (χ3n) is 4.07. The van der Waals surface area contributed by atoms with Gasteiger partial charge in [0.15, 0.2) is 0 Å². The van der Waals surface area contributed by atoms with E-state index in [-0.39, 0.29) is 0 Å². The molecule has 5 heteroatoms. The van der Waals surface area contributed by atoms with Crippen molar-refractivity contribution in [1.82, 2.24) is 9.55 Å². The Morgan fingerprint density at radius 3 is 2.52 bits per heavy atom. The SMILES string of the molecule is Clc1ccc(CCC(CCn2ccnc2)Sc2ccccc2Cl)cc1. The summed E-state index contributed by atoms with van der Waals surface area (Å²) in [6, 6.07) is 16.2. The van der Waals surface area contributed by atoms with Crippen LogP contribution in [0.1, 0.15) is 18.4 Å². The van der Waals surface area contributed by atoms with Crippen LogP contribution in [-0.2, 0) is 13.0 Å². The maximum Gasteiger partial charge on any atom is 0.0945 e. The smallest absolute Gasteiger partial charge is 0.0945 e. The molecule has 0 N–H and O–H groups in total. The van der Waals surface area contributed by atoms with Crippen molar-refractivity contribution in [2.45, 2.75) is 36.0 Å². The van der Waals surface area contributed by atoms with E-state index in [0.717, 1.165) is 40.7 Å². The van der Waals surface area contributed by atoms with Gasteiger partial charge in [-0.15, -0.1) is 11.8 Å². The molecule has 0 radical (unpaired) electrons. The fourth-order valence-corrected chi connectivity index (χ4v) is 4.22. The van der Waals surface area contributed by atoms with Gasteiger partial charge in [0.25, 0.3) is 0 Å². The summed E-state index contributed by atoms with van der Waals surface area (Å²) in [4.78, 5) is 5.27. The average Bonchev–Trinajstić information content (AvgIpc) is 3.14. The molecular weight excluding hydrogens is 371 g/mol. The summed E-state index contributed by atoms with van der Waals surface area (Å²) in [6.07, 6.45) is 8.89. The minimum atomic E-state index is 0.484. The van der Waals surface area contributed by atoms with E-state index in [1.54, 1.807) is 0 Å². The highest BCUT2D eigenvalue weighted by molar-refractivity contribution is 8.00. The van der Waals surface area contributed by atoms with Crippen molar-refractivity contribution in [3.8, 4) is 0 Å². The van der Waals surface area contributed by atoms with Gasteiger partial charge in [-0.05, 0) is 49.1 Å². The molecule has 1 heterocycles. The number of nitrogens with zero attached hydrogens (tertiary/aromatic N) is 2. The van der Waals surface area contributed by atoms with Crippen molar-refractivity contribution < 1.29 is 0 Å². The normalized spacial score (nSPS) is 12.2. The van der Waals surface area contributed by atoms with Gasteiger partial charge in [-0.3, -0.25) is 0 Å². The zero-order valence-corrected chi connectivity index (χ0v) is 16.1. The summed E-state index contributed by atoms with van der Waals surface area (Å²) in [5.41, 5.74) is 1.32. The molecule has 0 amide bonds. The Morgan fingerprint density at radius 2 is 1.80 bits per heavy atom. The number of hydrogen-bond acceptors (Lipinski definition) is 2. The number of thioether (sulfide) groups is 1.